The molecule has 0 heterocycles. The molecule has 1 rings (SSSR count). The van der Waals surface area contributed by atoms with Gasteiger partial charge in [-0.1, -0.05) is 29.7 Å². The molecular formula is C8H8BFO. The second-order valence-electron chi connectivity index (χ2n) is 2.32. The van der Waals surface area contributed by atoms with Crippen LogP contribution < -0.4 is 5.46 Å². The summed E-state index contributed by atoms with van der Waals surface area (Å²) in [6.07, 6.45) is -1.32. The maximum atomic E-state index is 12.7. The van der Waals surface area contributed by atoms with E-state index in [9.17, 15) is 4.39 Å². The molecule has 2 radical (unpaired) electrons. The number of aliphatic hydroxyl groups excluding tert-OH is 1. The summed E-state index contributed by atoms with van der Waals surface area (Å²) in [6.45, 7) is -0.497. The molecule has 0 bridgehead atoms. The average molecular weight is 150 g/mol. The minimum Gasteiger partial charge on any atom is -0.393 e. The van der Waals surface area contributed by atoms with Crippen LogP contribution in [0.5, 0.6) is 0 Å². The van der Waals surface area contributed by atoms with E-state index in [4.69, 9.17) is 13.0 Å². The maximum absolute atomic E-state index is 12.7. The highest BCUT2D eigenvalue weighted by Crippen LogP contribution is 2.13. The fourth-order valence-corrected chi connectivity index (χ4v) is 0.859. The summed E-state index contributed by atoms with van der Waals surface area (Å²) < 4.78 is 12.7. The van der Waals surface area contributed by atoms with E-state index in [1.165, 1.54) is 6.07 Å². The molecule has 0 aliphatic heterocycles. The van der Waals surface area contributed by atoms with Crippen molar-refractivity contribution in [1.82, 2.24) is 0 Å². The first kappa shape index (κ1) is 8.27. The first-order valence-corrected chi connectivity index (χ1v) is 3.34. The molecule has 1 unspecified atom stereocenters. The zero-order chi connectivity index (χ0) is 8.27. The Morgan fingerprint density at radius 1 is 1.55 bits per heavy atom. The summed E-state index contributed by atoms with van der Waals surface area (Å²) in [5.74, 6) is 0. The Labute approximate surface area is 66.3 Å². The van der Waals surface area contributed by atoms with Crippen LogP contribution in [0.4, 0.5) is 4.39 Å². The van der Waals surface area contributed by atoms with Gasteiger partial charge in [-0.05, 0) is 5.56 Å². The fourth-order valence-electron chi connectivity index (χ4n) is 0.859. The Morgan fingerprint density at radius 3 is 2.82 bits per heavy atom. The lowest BCUT2D eigenvalue weighted by Gasteiger charge is -2.04. The highest BCUT2D eigenvalue weighted by atomic mass is 19.1. The van der Waals surface area contributed by atoms with Crippen LogP contribution in [0.3, 0.4) is 0 Å². The molecule has 0 aliphatic rings. The number of aliphatic hydroxyl groups is 1. The van der Waals surface area contributed by atoms with E-state index in [0.717, 1.165) is 0 Å². The summed E-state index contributed by atoms with van der Waals surface area (Å²) in [5, 5.41) is 8.46. The molecule has 0 spiro atoms. The summed E-state index contributed by atoms with van der Waals surface area (Å²) in [5.41, 5.74) is 0.936. The van der Waals surface area contributed by atoms with Crippen LogP contribution in [0.2, 0.25) is 0 Å². The van der Waals surface area contributed by atoms with E-state index in [1.807, 2.05) is 0 Å². The third-order valence-electron chi connectivity index (χ3n) is 1.43. The Balaban J connectivity index is 2.86. The van der Waals surface area contributed by atoms with Gasteiger partial charge in [-0.25, -0.2) is 4.39 Å². The zero-order valence-electron chi connectivity index (χ0n) is 6.00. The van der Waals surface area contributed by atoms with Crippen LogP contribution in [0.1, 0.15) is 11.7 Å². The largest absolute Gasteiger partial charge is 0.393 e. The Morgan fingerprint density at radius 2 is 2.27 bits per heavy atom. The number of hydrogen-bond acceptors (Lipinski definition) is 1. The third kappa shape index (κ3) is 2.05. The van der Waals surface area contributed by atoms with E-state index in [2.05, 4.69) is 0 Å². The molecule has 0 saturated carbocycles. The van der Waals surface area contributed by atoms with Gasteiger partial charge in [0, 0.05) is 0 Å². The minimum absolute atomic E-state index is 0.424. The van der Waals surface area contributed by atoms with Crippen molar-refractivity contribution in [2.24, 2.45) is 0 Å². The normalized spacial score (nSPS) is 12.9. The molecule has 0 amide bonds. The molecule has 0 aliphatic carbocycles. The van der Waals surface area contributed by atoms with Gasteiger partial charge in [0.15, 0.2) is 0 Å². The molecule has 1 atom stereocenters. The van der Waals surface area contributed by atoms with Crippen molar-refractivity contribution in [2.45, 2.75) is 6.17 Å². The Hall–Kier alpha value is -0.825. The molecule has 11 heavy (non-hydrogen) atoms. The van der Waals surface area contributed by atoms with Crippen LogP contribution in [-0.2, 0) is 0 Å². The number of hydrogen-bond donors (Lipinski definition) is 1. The van der Waals surface area contributed by atoms with Crippen molar-refractivity contribution < 1.29 is 9.50 Å². The van der Waals surface area contributed by atoms with Gasteiger partial charge >= 0.3 is 0 Å². The molecule has 1 aromatic carbocycles. The van der Waals surface area contributed by atoms with Crippen molar-refractivity contribution in [3.63, 3.8) is 0 Å². The maximum Gasteiger partial charge on any atom is 0.148 e. The van der Waals surface area contributed by atoms with Gasteiger partial charge in [-0.2, -0.15) is 0 Å². The Kier molecular flexibility index (Phi) is 2.66. The van der Waals surface area contributed by atoms with Gasteiger partial charge in [-0.15, -0.1) is 0 Å². The van der Waals surface area contributed by atoms with Gasteiger partial charge in [0.05, 0.1) is 6.61 Å². The van der Waals surface area contributed by atoms with Crippen LogP contribution >= 0.6 is 0 Å². The second-order valence-corrected chi connectivity index (χ2v) is 2.32. The first-order valence-electron chi connectivity index (χ1n) is 3.34. The monoisotopic (exact) mass is 150 g/mol. The van der Waals surface area contributed by atoms with Gasteiger partial charge in [0.2, 0.25) is 0 Å². The molecule has 1 aromatic rings. The van der Waals surface area contributed by atoms with E-state index in [0.29, 0.717) is 11.0 Å². The molecule has 3 heteroatoms. The first-order chi connectivity index (χ1) is 5.24. The van der Waals surface area contributed by atoms with Crippen LogP contribution in [-0.4, -0.2) is 19.6 Å². The SMILES string of the molecule is [B]c1cccc(C(F)CO)c1. The minimum atomic E-state index is -1.32. The van der Waals surface area contributed by atoms with Crippen LogP contribution in [0.25, 0.3) is 0 Å². The molecule has 0 aromatic heterocycles. The van der Waals surface area contributed by atoms with Gasteiger partial charge in [0.1, 0.15) is 14.0 Å². The lowest BCUT2D eigenvalue weighted by molar-refractivity contribution is 0.180. The topological polar surface area (TPSA) is 20.2 Å². The summed E-state index contributed by atoms with van der Waals surface area (Å²) >= 11 is 0. The lowest BCUT2D eigenvalue weighted by Crippen LogP contribution is -2.05. The van der Waals surface area contributed by atoms with Crippen LogP contribution in [0.15, 0.2) is 24.3 Å². The third-order valence-corrected chi connectivity index (χ3v) is 1.43. The van der Waals surface area contributed by atoms with Gasteiger partial charge in [0.25, 0.3) is 0 Å². The van der Waals surface area contributed by atoms with Crippen LogP contribution in [0, 0.1) is 0 Å². The number of alkyl halides is 1. The molecule has 56 valence electrons. The summed E-state index contributed by atoms with van der Waals surface area (Å²) in [6, 6.07) is 6.44. The fraction of sp³-hybridized carbons (Fsp3) is 0.250. The predicted molar refractivity (Wildman–Crippen MR) is 42.8 cm³/mol. The predicted octanol–water partition coefficient (Wildman–Crippen LogP) is 0.483. The quantitative estimate of drug-likeness (QED) is 0.608. The highest BCUT2D eigenvalue weighted by Gasteiger charge is 2.06. The smallest absolute Gasteiger partial charge is 0.148 e. The Bertz CT molecular complexity index is 239. The second kappa shape index (κ2) is 3.53. The number of rotatable bonds is 2. The molecule has 0 saturated heterocycles. The number of benzene rings is 1. The molecular weight excluding hydrogens is 142 g/mol. The average Bonchev–Trinajstić information content (AvgIpc) is 2.03. The molecule has 0 fully saturated rings. The van der Waals surface area contributed by atoms with Crippen molar-refractivity contribution >= 4 is 13.3 Å². The highest BCUT2D eigenvalue weighted by molar-refractivity contribution is 6.32. The standard InChI is InChI=1S/C8H8BFO/c9-7-3-1-2-6(4-7)8(10)5-11/h1-4,8,11H,5H2. The van der Waals surface area contributed by atoms with Crippen molar-refractivity contribution in [2.75, 3.05) is 6.61 Å². The zero-order valence-corrected chi connectivity index (χ0v) is 6.00. The van der Waals surface area contributed by atoms with E-state index in [-0.39, 0.29) is 0 Å². The van der Waals surface area contributed by atoms with Crippen molar-refractivity contribution in [1.29, 1.82) is 0 Å². The molecule has 1 nitrogen and oxygen atoms in total. The van der Waals surface area contributed by atoms with E-state index < -0.39 is 12.8 Å². The van der Waals surface area contributed by atoms with Crippen molar-refractivity contribution in [3.05, 3.63) is 29.8 Å². The lowest BCUT2D eigenvalue weighted by atomic mass is 9.93. The van der Waals surface area contributed by atoms with E-state index >= 15 is 0 Å². The summed E-state index contributed by atoms with van der Waals surface area (Å²) in [7, 11) is 5.40. The van der Waals surface area contributed by atoms with Gasteiger partial charge in [-0.3, -0.25) is 0 Å². The van der Waals surface area contributed by atoms with Gasteiger partial charge < -0.3 is 5.11 Å². The number of halogens is 1. The molecule has 1 N–H and O–H groups in total. The summed E-state index contributed by atoms with van der Waals surface area (Å²) in [4.78, 5) is 0. The van der Waals surface area contributed by atoms with Crippen molar-refractivity contribution in [3.8, 4) is 0 Å². The van der Waals surface area contributed by atoms with E-state index in [1.54, 1.807) is 18.2 Å².